The van der Waals surface area contributed by atoms with Crippen molar-refractivity contribution in [2.24, 2.45) is 17.2 Å². The molecule has 0 rings (SSSR count). The highest BCUT2D eigenvalue weighted by atomic mass is 15.3. The molecule has 0 aromatic rings. The Balaban J connectivity index is 6.45. The van der Waals surface area contributed by atoms with Crippen molar-refractivity contribution in [3.63, 3.8) is 0 Å². The quantitative estimate of drug-likeness (QED) is 0.369. The number of nitrogens with zero attached hydrogens (tertiary/aromatic N) is 1. The Morgan fingerprint density at radius 2 is 1.00 bits per heavy atom. The maximum Gasteiger partial charge on any atom is 0.0206 e. The third-order valence-corrected chi connectivity index (χ3v) is 6.65. The Labute approximate surface area is 183 Å². The van der Waals surface area contributed by atoms with Crippen LogP contribution in [-0.2, 0) is 0 Å². The molecule has 176 valence electrons. The molecule has 29 heavy (non-hydrogen) atoms. The third kappa shape index (κ3) is 8.85. The summed E-state index contributed by atoms with van der Waals surface area (Å²) >= 11 is 0. The topological polar surface area (TPSA) is 81.3 Å². The van der Waals surface area contributed by atoms with E-state index in [0.29, 0.717) is 0 Å². The molecule has 0 aromatic carbocycles. The largest absolute Gasteiger partial charge is 0.325 e. The number of rotatable bonds is 13. The van der Waals surface area contributed by atoms with Gasteiger partial charge in [0.1, 0.15) is 0 Å². The maximum absolute atomic E-state index is 6.78. The van der Waals surface area contributed by atoms with E-state index in [4.69, 9.17) is 17.2 Å². The summed E-state index contributed by atoms with van der Waals surface area (Å²) in [4.78, 5) is 2.74. The van der Waals surface area contributed by atoms with E-state index in [-0.39, 0.29) is 33.2 Å². The summed E-state index contributed by atoms with van der Waals surface area (Å²) in [6.45, 7) is 27.2. The van der Waals surface area contributed by atoms with Crippen LogP contribution in [0.5, 0.6) is 0 Å². The van der Waals surface area contributed by atoms with Gasteiger partial charge in [-0.3, -0.25) is 4.90 Å². The molecule has 0 aromatic heterocycles. The Morgan fingerprint density at radius 1 is 0.586 bits per heavy atom. The fraction of sp³-hybridized carbons (Fsp3) is 1.00. The minimum atomic E-state index is -0.249. The van der Waals surface area contributed by atoms with E-state index in [2.05, 4.69) is 88.0 Å². The molecule has 0 aliphatic heterocycles. The van der Waals surface area contributed by atoms with E-state index in [1.807, 2.05) is 0 Å². The van der Waals surface area contributed by atoms with Gasteiger partial charge in [0.05, 0.1) is 0 Å². The van der Waals surface area contributed by atoms with Crippen molar-refractivity contribution in [3.05, 3.63) is 0 Å². The highest BCUT2D eigenvalue weighted by Crippen LogP contribution is 2.45. The van der Waals surface area contributed by atoms with E-state index < -0.39 is 0 Å². The first kappa shape index (κ1) is 28.8. The van der Waals surface area contributed by atoms with Gasteiger partial charge in [-0.2, -0.15) is 0 Å². The van der Waals surface area contributed by atoms with Crippen LogP contribution in [-0.4, -0.2) is 38.1 Å². The zero-order valence-electron chi connectivity index (χ0n) is 22.1. The zero-order valence-corrected chi connectivity index (χ0v) is 22.1. The molecular formula is C25H56N4. The smallest absolute Gasteiger partial charge is 0.0206 e. The van der Waals surface area contributed by atoms with Crippen LogP contribution in [0.1, 0.15) is 128 Å². The molecule has 0 aliphatic rings. The highest BCUT2D eigenvalue weighted by molar-refractivity contribution is 5.08. The van der Waals surface area contributed by atoms with Crippen LogP contribution in [0.15, 0.2) is 0 Å². The molecule has 0 aliphatic carbocycles. The summed E-state index contributed by atoms with van der Waals surface area (Å²) in [6, 6.07) is 0. The SMILES string of the molecule is CCCC(C)(N)CC(C)(C)N(C(C)(C)CC(C)(N)CC)C(C)(CC)CC(C)(C)N. The van der Waals surface area contributed by atoms with Crippen LogP contribution in [0, 0.1) is 0 Å². The van der Waals surface area contributed by atoms with Gasteiger partial charge in [0.2, 0.25) is 0 Å². The summed E-state index contributed by atoms with van der Waals surface area (Å²) in [5.74, 6) is 0. The van der Waals surface area contributed by atoms with Gasteiger partial charge in [-0.25, -0.2) is 0 Å². The summed E-state index contributed by atoms with van der Waals surface area (Å²) in [5.41, 5.74) is 19.1. The number of hydrogen-bond acceptors (Lipinski definition) is 4. The first-order valence-corrected chi connectivity index (χ1v) is 11.8. The lowest BCUT2D eigenvalue weighted by molar-refractivity contribution is -0.103. The summed E-state index contributed by atoms with van der Waals surface area (Å²) < 4.78 is 0. The van der Waals surface area contributed by atoms with Crippen LogP contribution < -0.4 is 17.2 Å². The zero-order chi connectivity index (χ0) is 23.5. The number of nitrogens with two attached hydrogens (primary N) is 3. The van der Waals surface area contributed by atoms with Crippen molar-refractivity contribution in [3.8, 4) is 0 Å². The minimum Gasteiger partial charge on any atom is -0.325 e. The van der Waals surface area contributed by atoms with Gasteiger partial charge < -0.3 is 17.2 Å². The van der Waals surface area contributed by atoms with E-state index in [0.717, 1.165) is 44.9 Å². The standard InChI is InChI=1S/C25H56N4/c1-13-16-24(11,28)19-22(8,9)29(21(6,7)18-23(10,27)14-2)25(12,15-3)17-20(4,5)26/h13-19,26-28H2,1-12H3. The minimum absolute atomic E-state index is 0.0582. The molecule has 0 fully saturated rings. The van der Waals surface area contributed by atoms with Gasteiger partial charge in [0.25, 0.3) is 0 Å². The van der Waals surface area contributed by atoms with Gasteiger partial charge >= 0.3 is 0 Å². The van der Waals surface area contributed by atoms with Crippen LogP contribution in [0.2, 0.25) is 0 Å². The van der Waals surface area contributed by atoms with E-state index in [1.165, 1.54) is 0 Å². The van der Waals surface area contributed by atoms with E-state index >= 15 is 0 Å². The molecule has 3 atom stereocenters. The molecule has 4 nitrogen and oxygen atoms in total. The molecule has 0 bridgehead atoms. The van der Waals surface area contributed by atoms with Crippen LogP contribution in [0.3, 0.4) is 0 Å². The molecule has 0 spiro atoms. The predicted octanol–water partition coefficient (Wildman–Crippen LogP) is 5.57. The normalized spacial score (nSPS) is 20.3. The van der Waals surface area contributed by atoms with Crippen molar-refractivity contribution >= 4 is 0 Å². The van der Waals surface area contributed by atoms with E-state index in [1.54, 1.807) is 0 Å². The van der Waals surface area contributed by atoms with Gasteiger partial charge in [-0.15, -0.1) is 0 Å². The molecule has 6 N–H and O–H groups in total. The molecule has 4 heteroatoms. The molecule has 0 amide bonds. The van der Waals surface area contributed by atoms with E-state index in [9.17, 15) is 0 Å². The maximum atomic E-state index is 6.78. The molecule has 0 heterocycles. The fourth-order valence-corrected chi connectivity index (χ4v) is 6.54. The fourth-order valence-electron chi connectivity index (χ4n) is 6.54. The Hall–Kier alpha value is -0.160. The first-order valence-electron chi connectivity index (χ1n) is 11.8. The molecular weight excluding hydrogens is 356 g/mol. The van der Waals surface area contributed by atoms with Gasteiger partial charge in [-0.05, 0) is 101 Å². The Morgan fingerprint density at radius 3 is 1.31 bits per heavy atom. The second-order valence-corrected chi connectivity index (χ2v) is 12.7. The third-order valence-electron chi connectivity index (χ3n) is 6.65. The monoisotopic (exact) mass is 412 g/mol. The van der Waals surface area contributed by atoms with Crippen molar-refractivity contribution in [1.29, 1.82) is 0 Å². The average Bonchev–Trinajstić information content (AvgIpc) is 2.41. The highest BCUT2D eigenvalue weighted by Gasteiger charge is 2.51. The summed E-state index contributed by atoms with van der Waals surface area (Å²) in [5, 5.41) is 0. The lowest BCUT2D eigenvalue weighted by Crippen LogP contribution is -2.69. The second kappa shape index (κ2) is 9.54. The predicted molar refractivity (Wildman–Crippen MR) is 131 cm³/mol. The molecule has 0 saturated heterocycles. The van der Waals surface area contributed by atoms with Crippen molar-refractivity contribution < 1.29 is 0 Å². The van der Waals surface area contributed by atoms with Gasteiger partial charge in [-0.1, -0.05) is 27.2 Å². The summed E-state index contributed by atoms with van der Waals surface area (Å²) in [6.07, 6.45) is 6.90. The average molecular weight is 413 g/mol. The van der Waals surface area contributed by atoms with Crippen molar-refractivity contribution in [2.45, 2.75) is 161 Å². The summed E-state index contributed by atoms with van der Waals surface area (Å²) in [7, 11) is 0. The first-order chi connectivity index (χ1) is 12.7. The van der Waals surface area contributed by atoms with Crippen LogP contribution in [0.25, 0.3) is 0 Å². The van der Waals surface area contributed by atoms with Gasteiger partial charge in [0, 0.05) is 33.2 Å². The second-order valence-electron chi connectivity index (χ2n) is 12.7. The van der Waals surface area contributed by atoms with Crippen LogP contribution in [0.4, 0.5) is 0 Å². The Kier molecular flexibility index (Phi) is 9.49. The van der Waals surface area contributed by atoms with Crippen molar-refractivity contribution in [2.75, 3.05) is 0 Å². The lowest BCUT2D eigenvalue weighted by Gasteiger charge is -2.61. The Bertz CT molecular complexity index is 499. The van der Waals surface area contributed by atoms with Crippen molar-refractivity contribution in [1.82, 2.24) is 4.90 Å². The molecule has 0 radical (unpaired) electrons. The molecule has 3 unspecified atom stereocenters. The van der Waals surface area contributed by atoms with Gasteiger partial charge in [0.15, 0.2) is 0 Å². The number of hydrogen-bond donors (Lipinski definition) is 3. The van der Waals surface area contributed by atoms with Crippen LogP contribution >= 0.6 is 0 Å². The lowest BCUT2D eigenvalue weighted by atomic mass is 9.71. The molecule has 0 saturated carbocycles.